The number of halogens is 2. The van der Waals surface area contributed by atoms with Gasteiger partial charge in [-0.1, -0.05) is 41.9 Å². The minimum absolute atomic E-state index is 0. The summed E-state index contributed by atoms with van der Waals surface area (Å²) in [5.41, 5.74) is 3.60. The van der Waals surface area contributed by atoms with Crippen LogP contribution in [0.5, 0.6) is 0 Å². The van der Waals surface area contributed by atoms with Crippen LogP contribution in [0, 0.1) is 0 Å². The summed E-state index contributed by atoms with van der Waals surface area (Å²) < 4.78 is 6.08. The molecule has 2 aromatic heterocycles. The number of hydrogen-bond acceptors (Lipinski definition) is 3. The Labute approximate surface area is 146 Å². The number of benzene rings is 1. The maximum atomic E-state index is 6.37. The maximum Gasteiger partial charge on any atom is 0.153 e. The van der Waals surface area contributed by atoms with Crippen LogP contribution in [0.15, 0.2) is 46.9 Å². The van der Waals surface area contributed by atoms with Crippen LogP contribution in [-0.2, 0) is 0 Å². The second-order valence-corrected chi connectivity index (χ2v) is 6.22. The van der Waals surface area contributed by atoms with Gasteiger partial charge in [-0.25, -0.2) is 4.98 Å². The first-order chi connectivity index (χ1) is 10.7. The van der Waals surface area contributed by atoms with E-state index in [0.29, 0.717) is 11.2 Å². The van der Waals surface area contributed by atoms with Crippen molar-refractivity contribution in [1.82, 2.24) is 9.88 Å². The van der Waals surface area contributed by atoms with Crippen LogP contribution in [0.3, 0.4) is 0 Å². The SMILES string of the molecule is CN1CCC[C@@H]1c1cc2nc(Cl)c(-c3ccccc3)cc2o1.Cl. The van der Waals surface area contributed by atoms with Crippen molar-refractivity contribution in [2.24, 2.45) is 0 Å². The van der Waals surface area contributed by atoms with Gasteiger partial charge in [0.25, 0.3) is 0 Å². The minimum Gasteiger partial charge on any atom is -0.458 e. The van der Waals surface area contributed by atoms with E-state index in [1.54, 1.807) is 0 Å². The Kier molecular flexibility index (Phi) is 4.62. The number of furan rings is 1. The van der Waals surface area contributed by atoms with Gasteiger partial charge in [0.2, 0.25) is 0 Å². The molecule has 120 valence electrons. The molecule has 1 aliphatic rings. The molecule has 0 bridgehead atoms. The molecule has 0 spiro atoms. The lowest BCUT2D eigenvalue weighted by Crippen LogP contribution is -2.16. The number of likely N-dealkylation sites (tertiary alicyclic amines) is 1. The van der Waals surface area contributed by atoms with E-state index in [0.717, 1.165) is 41.0 Å². The third-order valence-corrected chi connectivity index (χ3v) is 4.70. The van der Waals surface area contributed by atoms with Gasteiger partial charge in [0.15, 0.2) is 5.58 Å². The van der Waals surface area contributed by atoms with Crippen molar-refractivity contribution in [3.63, 3.8) is 0 Å². The Balaban J connectivity index is 0.00000156. The van der Waals surface area contributed by atoms with Crippen LogP contribution < -0.4 is 0 Å². The van der Waals surface area contributed by atoms with E-state index in [-0.39, 0.29) is 12.4 Å². The van der Waals surface area contributed by atoms with Crippen molar-refractivity contribution < 1.29 is 4.42 Å². The fraction of sp³-hybridized carbons (Fsp3) is 0.278. The third kappa shape index (κ3) is 2.97. The highest BCUT2D eigenvalue weighted by atomic mass is 35.5. The summed E-state index contributed by atoms with van der Waals surface area (Å²) in [4.78, 5) is 6.85. The Morgan fingerprint density at radius 3 is 2.70 bits per heavy atom. The molecule has 0 unspecified atom stereocenters. The number of hydrogen-bond donors (Lipinski definition) is 0. The summed E-state index contributed by atoms with van der Waals surface area (Å²) in [6.07, 6.45) is 2.34. The molecular formula is C18H18Cl2N2O. The van der Waals surface area contributed by atoms with Gasteiger partial charge < -0.3 is 4.42 Å². The minimum atomic E-state index is 0. The molecule has 0 saturated carbocycles. The number of rotatable bonds is 2. The summed E-state index contributed by atoms with van der Waals surface area (Å²) in [5, 5.41) is 0.519. The molecule has 1 atom stereocenters. The summed E-state index contributed by atoms with van der Waals surface area (Å²) in [7, 11) is 2.14. The number of fused-ring (bicyclic) bond motifs is 1. The average Bonchev–Trinajstić information content (AvgIpc) is 3.12. The Hall–Kier alpha value is -1.55. The highest BCUT2D eigenvalue weighted by molar-refractivity contribution is 6.32. The molecule has 1 saturated heterocycles. The van der Waals surface area contributed by atoms with E-state index in [1.807, 2.05) is 42.5 Å². The molecule has 23 heavy (non-hydrogen) atoms. The van der Waals surface area contributed by atoms with Crippen LogP contribution in [0.2, 0.25) is 5.15 Å². The van der Waals surface area contributed by atoms with Crippen LogP contribution >= 0.6 is 24.0 Å². The monoisotopic (exact) mass is 348 g/mol. The Bertz CT molecular complexity index is 817. The normalized spacial score (nSPS) is 18.3. The predicted octanol–water partition coefficient (Wildman–Crippen LogP) is 5.34. The van der Waals surface area contributed by atoms with Crippen molar-refractivity contribution in [3.05, 3.63) is 53.4 Å². The molecule has 3 aromatic rings. The summed E-state index contributed by atoms with van der Waals surface area (Å²) in [6.45, 7) is 1.12. The average molecular weight is 349 g/mol. The lowest BCUT2D eigenvalue weighted by Gasteiger charge is -2.16. The molecule has 0 amide bonds. The highest BCUT2D eigenvalue weighted by Gasteiger charge is 2.26. The van der Waals surface area contributed by atoms with Gasteiger partial charge in [0.1, 0.15) is 16.4 Å². The van der Waals surface area contributed by atoms with Gasteiger partial charge >= 0.3 is 0 Å². The van der Waals surface area contributed by atoms with Crippen LogP contribution in [0.1, 0.15) is 24.6 Å². The van der Waals surface area contributed by atoms with Crippen LogP contribution in [0.25, 0.3) is 22.2 Å². The Morgan fingerprint density at radius 1 is 1.22 bits per heavy atom. The third-order valence-electron chi connectivity index (χ3n) is 4.41. The van der Waals surface area contributed by atoms with Gasteiger partial charge in [-0.15, -0.1) is 12.4 Å². The van der Waals surface area contributed by atoms with Gasteiger partial charge in [0.05, 0.1) is 6.04 Å². The summed E-state index contributed by atoms with van der Waals surface area (Å²) in [5.74, 6) is 0.990. The summed E-state index contributed by atoms with van der Waals surface area (Å²) in [6, 6.07) is 14.4. The van der Waals surface area contributed by atoms with E-state index in [2.05, 4.69) is 16.9 Å². The van der Waals surface area contributed by atoms with E-state index < -0.39 is 0 Å². The fourth-order valence-corrected chi connectivity index (χ4v) is 3.47. The first-order valence-corrected chi connectivity index (χ1v) is 7.96. The van der Waals surface area contributed by atoms with Gasteiger partial charge in [-0.3, -0.25) is 4.90 Å². The zero-order chi connectivity index (χ0) is 15.1. The largest absolute Gasteiger partial charge is 0.458 e. The van der Waals surface area contributed by atoms with Gasteiger partial charge in [-0.2, -0.15) is 0 Å². The van der Waals surface area contributed by atoms with Crippen LogP contribution in [-0.4, -0.2) is 23.5 Å². The van der Waals surface area contributed by atoms with E-state index in [9.17, 15) is 0 Å². The Morgan fingerprint density at radius 2 is 2.00 bits per heavy atom. The molecule has 3 heterocycles. The van der Waals surface area contributed by atoms with Crippen LogP contribution in [0.4, 0.5) is 0 Å². The van der Waals surface area contributed by atoms with E-state index in [1.165, 1.54) is 6.42 Å². The van der Waals surface area contributed by atoms with E-state index in [4.69, 9.17) is 16.0 Å². The van der Waals surface area contributed by atoms with Crippen molar-refractivity contribution in [1.29, 1.82) is 0 Å². The lowest BCUT2D eigenvalue weighted by molar-refractivity contribution is 0.281. The quantitative estimate of drug-likeness (QED) is 0.585. The number of nitrogens with zero attached hydrogens (tertiary/aromatic N) is 2. The first kappa shape index (κ1) is 16.3. The standard InChI is InChI=1S/C18H17ClN2O.ClH/c1-21-9-5-8-15(21)17-11-14-16(22-17)10-13(18(19)20-14)12-6-3-2-4-7-12;/h2-4,6-7,10-11,15H,5,8-9H2,1H3;1H/t15-;/m1./s1. The second kappa shape index (κ2) is 6.52. The second-order valence-electron chi connectivity index (χ2n) is 5.86. The van der Waals surface area contributed by atoms with Crippen molar-refractivity contribution in [2.75, 3.05) is 13.6 Å². The molecule has 3 nitrogen and oxygen atoms in total. The molecule has 0 N–H and O–H groups in total. The van der Waals surface area contributed by atoms with Crippen molar-refractivity contribution >= 4 is 35.1 Å². The topological polar surface area (TPSA) is 29.3 Å². The molecule has 5 heteroatoms. The van der Waals surface area contributed by atoms with Crippen molar-refractivity contribution in [2.45, 2.75) is 18.9 Å². The molecule has 4 rings (SSSR count). The highest BCUT2D eigenvalue weighted by Crippen LogP contribution is 2.36. The predicted molar refractivity (Wildman–Crippen MR) is 96.3 cm³/mol. The number of aromatic nitrogens is 1. The number of pyridine rings is 1. The van der Waals surface area contributed by atoms with Gasteiger partial charge in [0, 0.05) is 11.6 Å². The molecular weight excluding hydrogens is 331 g/mol. The molecule has 1 aromatic carbocycles. The van der Waals surface area contributed by atoms with Crippen molar-refractivity contribution in [3.8, 4) is 11.1 Å². The molecule has 0 radical (unpaired) electrons. The zero-order valence-electron chi connectivity index (χ0n) is 12.8. The summed E-state index contributed by atoms with van der Waals surface area (Å²) >= 11 is 6.37. The smallest absolute Gasteiger partial charge is 0.153 e. The zero-order valence-corrected chi connectivity index (χ0v) is 14.4. The molecule has 1 fully saturated rings. The molecule has 1 aliphatic heterocycles. The van der Waals surface area contributed by atoms with E-state index >= 15 is 0 Å². The lowest BCUT2D eigenvalue weighted by atomic mass is 10.1. The fourth-order valence-electron chi connectivity index (χ4n) is 3.22. The maximum absolute atomic E-state index is 6.37. The first-order valence-electron chi connectivity index (χ1n) is 7.58. The van der Waals surface area contributed by atoms with Gasteiger partial charge in [-0.05, 0) is 38.1 Å². The molecule has 0 aliphatic carbocycles.